The van der Waals surface area contributed by atoms with Gasteiger partial charge < -0.3 is 5.32 Å². The molecule has 0 bridgehead atoms. The van der Waals surface area contributed by atoms with Crippen LogP contribution in [0.3, 0.4) is 0 Å². The van der Waals surface area contributed by atoms with Crippen LogP contribution in [0, 0.1) is 0 Å². The summed E-state index contributed by atoms with van der Waals surface area (Å²) in [5, 5.41) is 2.75. The molecule has 0 heterocycles. The van der Waals surface area contributed by atoms with E-state index in [0.717, 1.165) is 0 Å². The van der Waals surface area contributed by atoms with Crippen LogP contribution in [0.15, 0.2) is 91.0 Å². The van der Waals surface area contributed by atoms with Crippen LogP contribution in [-0.2, 0) is 34.0 Å². The summed E-state index contributed by atoms with van der Waals surface area (Å²) in [6, 6.07) is 33.0. The van der Waals surface area contributed by atoms with Gasteiger partial charge >= 0.3 is 142 Å². The summed E-state index contributed by atoms with van der Waals surface area (Å²) in [5.41, 5.74) is 4.54. The van der Waals surface area contributed by atoms with E-state index in [4.69, 9.17) is 0 Å². The minimum absolute atomic E-state index is 1.32. The Bertz CT molecular complexity index is 584. The molecular formula is C23H28NSc. The summed E-state index contributed by atoms with van der Waals surface area (Å²) in [6.07, 6.45) is 0. The van der Waals surface area contributed by atoms with Gasteiger partial charge in [0.05, 0.1) is 0 Å². The summed E-state index contributed by atoms with van der Waals surface area (Å²) in [5.74, 6) is 0. The maximum absolute atomic E-state index is 2.75. The van der Waals surface area contributed by atoms with Crippen molar-refractivity contribution in [2.24, 2.45) is 0 Å². The molecule has 0 spiro atoms. The van der Waals surface area contributed by atoms with Crippen molar-refractivity contribution in [2.75, 3.05) is 14.1 Å². The van der Waals surface area contributed by atoms with Crippen molar-refractivity contribution < 1.29 is 21.4 Å². The SMILES string of the molecule is CNC.c1ccc([CH2][Sc]([CH2]c2ccccc2)[CH2]c2ccccc2)cc1. The van der Waals surface area contributed by atoms with Crippen LogP contribution in [0.1, 0.15) is 16.7 Å². The Morgan fingerprint density at radius 1 is 0.520 bits per heavy atom. The first-order valence-electron chi connectivity index (χ1n) is 9.02. The zero-order chi connectivity index (χ0) is 17.7. The molecule has 0 aliphatic carbocycles. The van der Waals surface area contributed by atoms with Gasteiger partial charge in [0.2, 0.25) is 0 Å². The third-order valence-electron chi connectivity index (χ3n) is 4.10. The standard InChI is InChI=1S/3C7H7.C2H7N.Sc/c3*1-7-5-3-2-4-6-7;1-3-2;/h3*2-6H,1H2;3H,1-2H3;. The van der Waals surface area contributed by atoms with Gasteiger partial charge in [-0.2, -0.15) is 0 Å². The molecule has 0 saturated heterocycles. The molecular weight excluding hydrogens is 335 g/mol. The summed E-state index contributed by atoms with van der Waals surface area (Å²) >= 11 is -1.45. The molecule has 0 amide bonds. The molecule has 3 rings (SSSR count). The summed E-state index contributed by atoms with van der Waals surface area (Å²) in [7, 11) is 3.75. The molecule has 0 aliphatic rings. The van der Waals surface area contributed by atoms with Crippen LogP contribution in [0.4, 0.5) is 0 Å². The minimum atomic E-state index is -1.45. The van der Waals surface area contributed by atoms with Gasteiger partial charge in [-0.05, 0) is 14.1 Å². The summed E-state index contributed by atoms with van der Waals surface area (Å²) < 4.78 is 3.95. The van der Waals surface area contributed by atoms with Crippen molar-refractivity contribution in [3.63, 3.8) is 0 Å². The molecule has 25 heavy (non-hydrogen) atoms. The van der Waals surface area contributed by atoms with Crippen molar-refractivity contribution in [2.45, 2.75) is 12.5 Å². The molecule has 1 N–H and O–H groups in total. The molecule has 0 atom stereocenters. The van der Waals surface area contributed by atoms with Gasteiger partial charge in [0, 0.05) is 0 Å². The molecule has 0 aliphatic heterocycles. The van der Waals surface area contributed by atoms with Crippen LogP contribution in [0.2, 0.25) is 0 Å². The number of rotatable bonds is 6. The normalized spacial score (nSPS) is 9.84. The van der Waals surface area contributed by atoms with Gasteiger partial charge in [-0.25, -0.2) is 0 Å². The fraction of sp³-hybridized carbons (Fsp3) is 0.217. The van der Waals surface area contributed by atoms with Crippen LogP contribution in [0.25, 0.3) is 0 Å². The van der Waals surface area contributed by atoms with Gasteiger partial charge in [0.25, 0.3) is 0 Å². The molecule has 0 saturated carbocycles. The first-order chi connectivity index (χ1) is 12.3. The predicted octanol–water partition coefficient (Wildman–Crippen LogP) is 5.04. The third kappa shape index (κ3) is 7.94. The van der Waals surface area contributed by atoms with Crippen LogP contribution < -0.4 is 5.32 Å². The van der Waals surface area contributed by atoms with E-state index in [2.05, 4.69) is 96.3 Å². The van der Waals surface area contributed by atoms with E-state index in [1.165, 1.54) is 29.2 Å². The zero-order valence-corrected chi connectivity index (χ0v) is 17.2. The fourth-order valence-corrected chi connectivity index (χ4v) is 8.13. The van der Waals surface area contributed by atoms with Crippen molar-refractivity contribution in [3.05, 3.63) is 108 Å². The van der Waals surface area contributed by atoms with Crippen LogP contribution >= 0.6 is 0 Å². The topological polar surface area (TPSA) is 12.0 Å². The Labute approximate surface area is 160 Å². The second-order valence-corrected chi connectivity index (χ2v) is 11.1. The molecule has 3 aromatic carbocycles. The van der Waals surface area contributed by atoms with Gasteiger partial charge in [-0.3, -0.25) is 0 Å². The van der Waals surface area contributed by atoms with Crippen molar-refractivity contribution in [1.29, 1.82) is 0 Å². The van der Waals surface area contributed by atoms with E-state index >= 15 is 0 Å². The molecule has 1 nitrogen and oxygen atoms in total. The Hall–Kier alpha value is -1.51. The second kappa shape index (κ2) is 11.9. The summed E-state index contributed by atoms with van der Waals surface area (Å²) in [6.45, 7) is 0. The Morgan fingerprint density at radius 3 is 1.00 bits per heavy atom. The van der Waals surface area contributed by atoms with Gasteiger partial charge in [0.1, 0.15) is 0 Å². The number of hydrogen-bond donors (Lipinski definition) is 1. The molecule has 0 aromatic heterocycles. The van der Waals surface area contributed by atoms with E-state index in [1.54, 1.807) is 0 Å². The molecule has 0 unspecified atom stereocenters. The molecule has 0 fully saturated rings. The molecule has 2 heteroatoms. The Kier molecular flexibility index (Phi) is 9.46. The van der Waals surface area contributed by atoms with E-state index in [9.17, 15) is 0 Å². The Morgan fingerprint density at radius 2 is 0.760 bits per heavy atom. The molecule has 0 radical (unpaired) electrons. The predicted molar refractivity (Wildman–Crippen MR) is 105 cm³/mol. The quantitative estimate of drug-likeness (QED) is 0.647. The second-order valence-electron chi connectivity index (χ2n) is 6.44. The van der Waals surface area contributed by atoms with Gasteiger partial charge in [0.15, 0.2) is 0 Å². The van der Waals surface area contributed by atoms with Gasteiger partial charge in [-0.15, -0.1) is 0 Å². The monoisotopic (exact) mass is 363 g/mol. The first kappa shape index (κ1) is 19.8. The Balaban J connectivity index is 0.000000701. The van der Waals surface area contributed by atoms with Crippen molar-refractivity contribution in [1.82, 2.24) is 5.32 Å². The molecule has 3 aromatic rings. The summed E-state index contributed by atoms with van der Waals surface area (Å²) in [4.78, 5) is 0. The van der Waals surface area contributed by atoms with E-state index < -0.39 is 21.4 Å². The fourth-order valence-electron chi connectivity index (χ4n) is 3.06. The number of nitrogens with one attached hydrogen (secondary N) is 1. The first-order valence-corrected chi connectivity index (χ1v) is 12.8. The number of benzene rings is 3. The van der Waals surface area contributed by atoms with E-state index in [-0.39, 0.29) is 0 Å². The van der Waals surface area contributed by atoms with Gasteiger partial charge in [-0.1, -0.05) is 0 Å². The van der Waals surface area contributed by atoms with Crippen LogP contribution in [0.5, 0.6) is 0 Å². The average Bonchev–Trinajstić information content (AvgIpc) is 2.65. The average molecular weight is 363 g/mol. The third-order valence-corrected chi connectivity index (χ3v) is 9.01. The zero-order valence-electron chi connectivity index (χ0n) is 15.4. The number of hydrogen-bond acceptors (Lipinski definition) is 1. The molecule has 128 valence electrons. The van der Waals surface area contributed by atoms with Crippen LogP contribution in [-0.4, -0.2) is 14.1 Å². The van der Waals surface area contributed by atoms with E-state index in [1.807, 2.05) is 14.1 Å². The maximum atomic E-state index is 2.75. The van der Waals surface area contributed by atoms with E-state index in [0.29, 0.717) is 0 Å². The van der Waals surface area contributed by atoms with Crippen molar-refractivity contribution >= 4 is 0 Å². The van der Waals surface area contributed by atoms with Crippen molar-refractivity contribution in [3.8, 4) is 0 Å².